The number of amides is 1. The predicted octanol–water partition coefficient (Wildman–Crippen LogP) is 2.90. The minimum atomic E-state index is -0.636. The Kier molecular flexibility index (Phi) is 5.51. The molecule has 0 saturated carbocycles. The van der Waals surface area contributed by atoms with Crippen LogP contribution in [0.5, 0.6) is 11.8 Å². The number of aryl methyl sites for hydroxylation is 2. The summed E-state index contributed by atoms with van der Waals surface area (Å²) in [5, 5.41) is 2.82. The van der Waals surface area contributed by atoms with Crippen molar-refractivity contribution in [3.8, 4) is 11.8 Å². The second kappa shape index (κ2) is 7.58. The minimum absolute atomic E-state index is 0.257. The van der Waals surface area contributed by atoms with Crippen molar-refractivity contribution in [3.63, 3.8) is 0 Å². The quantitative estimate of drug-likeness (QED) is 0.887. The van der Waals surface area contributed by atoms with Crippen LogP contribution in [0.3, 0.4) is 0 Å². The van der Waals surface area contributed by atoms with Gasteiger partial charge < -0.3 is 14.8 Å². The van der Waals surface area contributed by atoms with E-state index < -0.39 is 6.10 Å². The number of anilines is 1. The lowest BCUT2D eigenvalue weighted by molar-refractivity contribution is -0.122. The van der Waals surface area contributed by atoms with E-state index in [0.29, 0.717) is 35.4 Å². The fourth-order valence-corrected chi connectivity index (χ4v) is 2.04. The molecule has 1 amide bonds. The number of carbonyl (C=O) groups is 1. The Hall–Kier alpha value is -2.63. The van der Waals surface area contributed by atoms with Gasteiger partial charge in [0.2, 0.25) is 0 Å². The molecule has 0 aliphatic heterocycles. The number of benzene rings is 1. The normalized spacial score (nSPS) is 11.7. The summed E-state index contributed by atoms with van der Waals surface area (Å²) >= 11 is 0. The first-order valence-corrected chi connectivity index (χ1v) is 7.51. The maximum absolute atomic E-state index is 12.3. The van der Waals surface area contributed by atoms with Crippen LogP contribution in [0.2, 0.25) is 0 Å². The number of nitrogens with zero attached hydrogens (tertiary/aromatic N) is 2. The predicted molar refractivity (Wildman–Crippen MR) is 87.8 cm³/mol. The Morgan fingerprint density at radius 2 is 1.78 bits per heavy atom. The van der Waals surface area contributed by atoms with Crippen LogP contribution >= 0.6 is 0 Å². The molecule has 1 atom stereocenters. The maximum atomic E-state index is 12.3. The third kappa shape index (κ3) is 4.42. The number of hydrogen-bond acceptors (Lipinski definition) is 5. The highest BCUT2D eigenvalue weighted by Crippen LogP contribution is 2.20. The van der Waals surface area contributed by atoms with Crippen molar-refractivity contribution in [2.24, 2.45) is 0 Å². The topological polar surface area (TPSA) is 73.3 Å². The number of para-hydroxylation sites is 1. The first kappa shape index (κ1) is 16.7. The van der Waals surface area contributed by atoms with E-state index >= 15 is 0 Å². The lowest BCUT2D eigenvalue weighted by Crippen LogP contribution is -2.31. The molecule has 2 aromatic rings. The summed E-state index contributed by atoms with van der Waals surface area (Å²) < 4.78 is 10.9. The Balaban J connectivity index is 2.07. The number of rotatable bonds is 6. The van der Waals surface area contributed by atoms with Crippen LogP contribution in [0.4, 0.5) is 5.69 Å². The highest BCUT2D eigenvalue weighted by molar-refractivity contribution is 5.95. The smallest absolute Gasteiger partial charge is 0.316 e. The molecule has 6 heteroatoms. The molecule has 1 aromatic carbocycles. The van der Waals surface area contributed by atoms with E-state index in [4.69, 9.17) is 9.47 Å². The Morgan fingerprint density at radius 1 is 1.17 bits per heavy atom. The fourth-order valence-electron chi connectivity index (χ4n) is 2.04. The SMILES string of the molecule is CCOc1nc(C)c(NC(=O)C(C)Oc2ccccc2)c(C)n1. The molecule has 0 spiro atoms. The van der Waals surface area contributed by atoms with Crippen LogP contribution in [0.1, 0.15) is 25.2 Å². The van der Waals surface area contributed by atoms with Crippen LogP contribution < -0.4 is 14.8 Å². The van der Waals surface area contributed by atoms with Gasteiger partial charge in [-0.15, -0.1) is 0 Å². The van der Waals surface area contributed by atoms with Gasteiger partial charge in [-0.05, 0) is 39.8 Å². The van der Waals surface area contributed by atoms with E-state index in [2.05, 4.69) is 15.3 Å². The zero-order chi connectivity index (χ0) is 16.8. The number of hydrogen-bond donors (Lipinski definition) is 1. The van der Waals surface area contributed by atoms with Crippen molar-refractivity contribution < 1.29 is 14.3 Å². The Morgan fingerprint density at radius 3 is 2.35 bits per heavy atom. The van der Waals surface area contributed by atoms with Gasteiger partial charge >= 0.3 is 6.01 Å². The molecule has 1 aromatic heterocycles. The molecule has 1 unspecified atom stereocenters. The highest BCUT2D eigenvalue weighted by Gasteiger charge is 2.18. The molecule has 0 saturated heterocycles. The van der Waals surface area contributed by atoms with E-state index in [9.17, 15) is 4.79 Å². The summed E-state index contributed by atoms with van der Waals surface area (Å²) in [4.78, 5) is 20.8. The first-order valence-electron chi connectivity index (χ1n) is 7.51. The van der Waals surface area contributed by atoms with Crippen molar-refractivity contribution in [1.82, 2.24) is 9.97 Å². The van der Waals surface area contributed by atoms with Gasteiger partial charge in [0.05, 0.1) is 23.7 Å². The average Bonchev–Trinajstić information content (AvgIpc) is 2.52. The maximum Gasteiger partial charge on any atom is 0.316 e. The molecular formula is C17H21N3O3. The summed E-state index contributed by atoms with van der Waals surface area (Å²) in [6.45, 7) is 7.66. The lowest BCUT2D eigenvalue weighted by Gasteiger charge is -2.16. The van der Waals surface area contributed by atoms with Crippen molar-refractivity contribution in [3.05, 3.63) is 41.7 Å². The summed E-state index contributed by atoms with van der Waals surface area (Å²) in [6, 6.07) is 9.53. The molecule has 0 fully saturated rings. The van der Waals surface area contributed by atoms with E-state index in [0.717, 1.165) is 0 Å². The average molecular weight is 315 g/mol. The number of carbonyl (C=O) groups excluding carboxylic acids is 1. The van der Waals surface area contributed by atoms with E-state index in [-0.39, 0.29) is 5.91 Å². The molecule has 6 nitrogen and oxygen atoms in total. The van der Waals surface area contributed by atoms with Gasteiger partial charge in [0, 0.05) is 0 Å². The Bertz CT molecular complexity index is 651. The summed E-state index contributed by atoms with van der Waals surface area (Å²) in [6.07, 6.45) is -0.636. The van der Waals surface area contributed by atoms with Gasteiger partial charge in [0.25, 0.3) is 5.91 Å². The van der Waals surface area contributed by atoms with Gasteiger partial charge in [-0.3, -0.25) is 4.79 Å². The molecule has 2 rings (SSSR count). The molecule has 23 heavy (non-hydrogen) atoms. The molecule has 0 radical (unpaired) electrons. The van der Waals surface area contributed by atoms with E-state index in [1.165, 1.54) is 0 Å². The second-order valence-corrected chi connectivity index (χ2v) is 5.05. The zero-order valence-electron chi connectivity index (χ0n) is 13.8. The van der Waals surface area contributed by atoms with Gasteiger partial charge in [-0.25, -0.2) is 0 Å². The van der Waals surface area contributed by atoms with Gasteiger partial charge in [0.15, 0.2) is 6.10 Å². The summed E-state index contributed by atoms with van der Waals surface area (Å²) in [5.74, 6) is 0.388. The van der Waals surface area contributed by atoms with Crippen molar-refractivity contribution >= 4 is 11.6 Å². The molecule has 1 heterocycles. The van der Waals surface area contributed by atoms with Crippen molar-refractivity contribution in [2.75, 3.05) is 11.9 Å². The van der Waals surface area contributed by atoms with Crippen LogP contribution in [0.25, 0.3) is 0 Å². The molecule has 0 aliphatic rings. The van der Waals surface area contributed by atoms with Crippen molar-refractivity contribution in [2.45, 2.75) is 33.8 Å². The number of nitrogens with one attached hydrogen (secondary N) is 1. The van der Waals surface area contributed by atoms with Crippen LogP contribution in [0.15, 0.2) is 30.3 Å². The first-order chi connectivity index (χ1) is 11.0. The largest absolute Gasteiger partial charge is 0.481 e. The molecule has 0 aliphatic carbocycles. The van der Waals surface area contributed by atoms with Gasteiger partial charge in [-0.1, -0.05) is 18.2 Å². The highest BCUT2D eigenvalue weighted by atomic mass is 16.5. The third-order valence-corrected chi connectivity index (χ3v) is 3.20. The van der Waals surface area contributed by atoms with Crippen LogP contribution in [-0.2, 0) is 4.79 Å². The monoisotopic (exact) mass is 315 g/mol. The minimum Gasteiger partial charge on any atom is -0.481 e. The Labute approximate surface area is 135 Å². The van der Waals surface area contributed by atoms with Crippen molar-refractivity contribution in [1.29, 1.82) is 0 Å². The molecule has 122 valence electrons. The van der Waals surface area contributed by atoms with Crippen LogP contribution in [-0.4, -0.2) is 28.6 Å². The lowest BCUT2D eigenvalue weighted by atomic mass is 10.2. The van der Waals surface area contributed by atoms with Crippen LogP contribution in [0, 0.1) is 13.8 Å². The number of ether oxygens (including phenoxy) is 2. The van der Waals surface area contributed by atoms with Gasteiger partial charge in [-0.2, -0.15) is 9.97 Å². The third-order valence-electron chi connectivity index (χ3n) is 3.20. The second-order valence-electron chi connectivity index (χ2n) is 5.05. The number of aromatic nitrogens is 2. The molecular weight excluding hydrogens is 294 g/mol. The summed E-state index contributed by atoms with van der Waals surface area (Å²) in [5.41, 5.74) is 1.89. The van der Waals surface area contributed by atoms with E-state index in [1.807, 2.05) is 25.1 Å². The van der Waals surface area contributed by atoms with Gasteiger partial charge in [0.1, 0.15) is 5.75 Å². The fraction of sp³-hybridized carbons (Fsp3) is 0.353. The standard InChI is InChI=1S/C17H21N3O3/c1-5-22-17-18-11(2)15(12(3)19-17)20-16(21)13(4)23-14-9-7-6-8-10-14/h6-10,13H,5H2,1-4H3,(H,20,21). The van der Waals surface area contributed by atoms with E-state index in [1.54, 1.807) is 32.9 Å². The molecule has 0 bridgehead atoms. The molecule has 1 N–H and O–H groups in total. The zero-order valence-corrected chi connectivity index (χ0v) is 13.8. The summed E-state index contributed by atoms with van der Waals surface area (Å²) in [7, 11) is 0.